The maximum atomic E-state index is 4.96. The van der Waals surface area contributed by atoms with E-state index < -0.39 is 0 Å². The molecule has 52 valence electrons. The number of halogens is 1. The highest BCUT2D eigenvalue weighted by molar-refractivity contribution is 9.10. The summed E-state index contributed by atoms with van der Waals surface area (Å²) < 4.78 is 6.01. The van der Waals surface area contributed by atoms with Crippen LogP contribution in [0.1, 0.15) is 0 Å². The first kappa shape index (κ1) is 10.3. The second-order valence-corrected chi connectivity index (χ2v) is 2.58. The maximum Gasteiger partial charge on any atom is 0.316 e. The standard InChI is InChI=1S/C7H7BrO.Mg.2H/c1-9-7-4-2-3-6(8)5-7;;;/h2-5H,1H3;;;. The van der Waals surface area contributed by atoms with Crippen LogP contribution in [0.25, 0.3) is 0 Å². The van der Waals surface area contributed by atoms with Crippen molar-refractivity contribution in [3.05, 3.63) is 28.7 Å². The van der Waals surface area contributed by atoms with E-state index in [1.807, 2.05) is 24.3 Å². The van der Waals surface area contributed by atoms with Crippen molar-refractivity contribution < 1.29 is 4.74 Å². The van der Waals surface area contributed by atoms with Crippen molar-refractivity contribution in [3.63, 3.8) is 0 Å². The Bertz CT molecular complexity index is 203. The van der Waals surface area contributed by atoms with Crippen molar-refractivity contribution in [1.82, 2.24) is 0 Å². The molecule has 1 aromatic carbocycles. The molecule has 0 unspecified atom stereocenters. The summed E-state index contributed by atoms with van der Waals surface area (Å²) in [6.45, 7) is 0. The highest BCUT2D eigenvalue weighted by Gasteiger charge is 1.88. The average molecular weight is 213 g/mol. The molecule has 0 N–H and O–H groups in total. The van der Waals surface area contributed by atoms with E-state index in [0.29, 0.717) is 0 Å². The van der Waals surface area contributed by atoms with Gasteiger partial charge in [0.1, 0.15) is 5.75 Å². The van der Waals surface area contributed by atoms with Crippen LogP contribution in [-0.2, 0) is 0 Å². The van der Waals surface area contributed by atoms with Crippen LogP contribution in [0.3, 0.4) is 0 Å². The summed E-state index contributed by atoms with van der Waals surface area (Å²) in [5, 5.41) is 0. The van der Waals surface area contributed by atoms with Crippen molar-refractivity contribution in [2.45, 2.75) is 0 Å². The van der Waals surface area contributed by atoms with E-state index >= 15 is 0 Å². The van der Waals surface area contributed by atoms with Crippen LogP contribution in [0.2, 0.25) is 0 Å². The van der Waals surface area contributed by atoms with Crippen molar-refractivity contribution in [3.8, 4) is 5.75 Å². The van der Waals surface area contributed by atoms with Gasteiger partial charge in [-0.15, -0.1) is 0 Å². The summed E-state index contributed by atoms with van der Waals surface area (Å²) >= 11 is 3.32. The molecule has 0 fully saturated rings. The van der Waals surface area contributed by atoms with Gasteiger partial charge in [0.05, 0.1) is 7.11 Å². The molecule has 0 saturated heterocycles. The summed E-state index contributed by atoms with van der Waals surface area (Å²) in [4.78, 5) is 0. The third kappa shape index (κ3) is 2.90. The lowest BCUT2D eigenvalue weighted by Crippen LogP contribution is -1.79. The predicted octanol–water partition coefficient (Wildman–Crippen LogP) is 1.54. The fourth-order valence-electron chi connectivity index (χ4n) is 0.594. The molecule has 3 heteroatoms. The summed E-state index contributed by atoms with van der Waals surface area (Å²) in [7, 11) is 1.65. The Morgan fingerprint density at radius 2 is 2.10 bits per heavy atom. The maximum absolute atomic E-state index is 4.96. The van der Waals surface area contributed by atoms with Crippen molar-refractivity contribution in [2.24, 2.45) is 0 Å². The molecule has 10 heavy (non-hydrogen) atoms. The molecule has 0 amide bonds. The quantitative estimate of drug-likeness (QED) is 0.643. The molecule has 0 aliphatic carbocycles. The smallest absolute Gasteiger partial charge is 0.316 e. The number of benzene rings is 1. The molecule has 0 bridgehead atoms. The van der Waals surface area contributed by atoms with Gasteiger partial charge in [-0.1, -0.05) is 22.0 Å². The van der Waals surface area contributed by atoms with Crippen molar-refractivity contribution >= 4 is 39.0 Å². The molecular weight excluding hydrogens is 204 g/mol. The SMILES string of the molecule is COc1cccc(Br)c1.[MgH2]. The highest BCUT2D eigenvalue weighted by atomic mass is 79.9. The summed E-state index contributed by atoms with van der Waals surface area (Å²) in [6, 6.07) is 7.72. The fraction of sp³-hybridized carbons (Fsp3) is 0.143. The minimum atomic E-state index is 0. The Kier molecular flexibility index (Phi) is 5.12. The van der Waals surface area contributed by atoms with Crippen LogP contribution in [0.4, 0.5) is 0 Å². The van der Waals surface area contributed by atoms with Crippen LogP contribution in [0.15, 0.2) is 28.7 Å². The molecule has 0 heterocycles. The minimum Gasteiger partial charge on any atom is -0.497 e. The number of methoxy groups -OCH3 is 1. The third-order valence-corrected chi connectivity index (χ3v) is 1.53. The van der Waals surface area contributed by atoms with Gasteiger partial charge in [0.15, 0.2) is 0 Å². The Balaban J connectivity index is 0.000000810. The zero-order valence-electron chi connectivity index (χ0n) is 5.10. The van der Waals surface area contributed by atoms with Gasteiger partial charge in [-0.2, -0.15) is 0 Å². The summed E-state index contributed by atoms with van der Waals surface area (Å²) in [5.41, 5.74) is 0. The molecule has 1 rings (SSSR count). The summed E-state index contributed by atoms with van der Waals surface area (Å²) in [5.74, 6) is 0.879. The average Bonchev–Trinajstić information content (AvgIpc) is 1.88. The van der Waals surface area contributed by atoms with Gasteiger partial charge in [0.25, 0.3) is 0 Å². The second-order valence-electron chi connectivity index (χ2n) is 1.66. The fourth-order valence-corrected chi connectivity index (χ4v) is 0.972. The van der Waals surface area contributed by atoms with E-state index in [1.165, 1.54) is 0 Å². The van der Waals surface area contributed by atoms with Crippen molar-refractivity contribution in [1.29, 1.82) is 0 Å². The van der Waals surface area contributed by atoms with Crippen LogP contribution in [0, 0.1) is 0 Å². The van der Waals surface area contributed by atoms with Crippen LogP contribution in [-0.4, -0.2) is 30.2 Å². The Morgan fingerprint density at radius 3 is 2.50 bits per heavy atom. The van der Waals surface area contributed by atoms with Gasteiger partial charge in [-0.3, -0.25) is 0 Å². The lowest BCUT2D eigenvalue weighted by atomic mass is 10.3. The molecule has 0 spiro atoms. The van der Waals surface area contributed by atoms with E-state index in [1.54, 1.807) is 7.11 Å². The number of hydrogen-bond donors (Lipinski definition) is 0. The van der Waals surface area contributed by atoms with E-state index in [4.69, 9.17) is 4.74 Å². The van der Waals surface area contributed by atoms with Crippen LogP contribution in [0.5, 0.6) is 5.75 Å². The van der Waals surface area contributed by atoms with E-state index in [2.05, 4.69) is 15.9 Å². The van der Waals surface area contributed by atoms with Crippen molar-refractivity contribution in [2.75, 3.05) is 7.11 Å². The zero-order chi connectivity index (χ0) is 6.69. The molecule has 1 nitrogen and oxygen atoms in total. The highest BCUT2D eigenvalue weighted by Crippen LogP contribution is 2.16. The monoisotopic (exact) mass is 212 g/mol. The molecule has 0 saturated carbocycles. The third-order valence-electron chi connectivity index (χ3n) is 1.03. The lowest BCUT2D eigenvalue weighted by Gasteiger charge is -1.96. The van der Waals surface area contributed by atoms with Crippen LogP contribution < -0.4 is 4.74 Å². The molecule has 0 aliphatic rings. The largest absolute Gasteiger partial charge is 0.497 e. The molecule has 0 atom stereocenters. The molecular formula is C7H9BrMgO. The normalized spacial score (nSPS) is 8.20. The molecule has 0 aromatic heterocycles. The second kappa shape index (κ2) is 4.99. The van der Waals surface area contributed by atoms with Gasteiger partial charge in [0.2, 0.25) is 0 Å². The van der Waals surface area contributed by atoms with Gasteiger partial charge in [-0.25, -0.2) is 0 Å². The summed E-state index contributed by atoms with van der Waals surface area (Å²) in [6.07, 6.45) is 0. The van der Waals surface area contributed by atoms with Gasteiger partial charge < -0.3 is 4.74 Å². The first-order chi connectivity index (χ1) is 4.33. The van der Waals surface area contributed by atoms with E-state index in [9.17, 15) is 0 Å². The topological polar surface area (TPSA) is 9.23 Å². The molecule has 0 radical (unpaired) electrons. The first-order valence-corrected chi connectivity index (χ1v) is 3.42. The van der Waals surface area contributed by atoms with Gasteiger partial charge in [-0.05, 0) is 18.2 Å². The Labute approximate surface area is 85.0 Å². The van der Waals surface area contributed by atoms with E-state index in [-0.39, 0.29) is 23.1 Å². The number of ether oxygens (including phenoxy) is 1. The molecule has 0 aliphatic heterocycles. The number of hydrogen-bond acceptors (Lipinski definition) is 1. The van der Waals surface area contributed by atoms with Gasteiger partial charge >= 0.3 is 23.1 Å². The van der Waals surface area contributed by atoms with Crippen LogP contribution >= 0.6 is 15.9 Å². The Hall–Kier alpha value is 0.266. The number of rotatable bonds is 1. The lowest BCUT2D eigenvalue weighted by molar-refractivity contribution is 0.414. The Morgan fingerprint density at radius 1 is 1.40 bits per heavy atom. The predicted molar refractivity (Wildman–Crippen MR) is 49.2 cm³/mol. The minimum absolute atomic E-state index is 0. The first-order valence-electron chi connectivity index (χ1n) is 2.62. The zero-order valence-corrected chi connectivity index (χ0v) is 6.68. The van der Waals surface area contributed by atoms with E-state index in [0.717, 1.165) is 10.2 Å². The van der Waals surface area contributed by atoms with Gasteiger partial charge in [0, 0.05) is 4.47 Å². The molecule has 1 aromatic rings.